The van der Waals surface area contributed by atoms with Gasteiger partial charge in [-0.2, -0.15) is 0 Å². The monoisotopic (exact) mass is 307 g/mol. The Morgan fingerprint density at radius 2 is 1.57 bits per heavy atom. The highest BCUT2D eigenvalue weighted by Crippen LogP contribution is 2.28. The zero-order valence-corrected chi connectivity index (χ0v) is 10.8. The maximum absolute atomic E-state index is 13.7. The van der Waals surface area contributed by atoms with Gasteiger partial charge in [0.05, 0.1) is 30.9 Å². The van der Waals surface area contributed by atoms with Crippen LogP contribution in [0.25, 0.3) is 0 Å². The maximum Gasteiger partial charge on any atom is 0.257 e. The van der Waals surface area contributed by atoms with Gasteiger partial charge >= 0.3 is 0 Å². The summed E-state index contributed by atoms with van der Waals surface area (Å²) in [7, 11) is 0. The summed E-state index contributed by atoms with van der Waals surface area (Å²) in [5, 5.41) is 18.4. The molecule has 4 nitrogen and oxygen atoms in total. The van der Waals surface area contributed by atoms with Crippen molar-refractivity contribution in [3.63, 3.8) is 0 Å². The van der Waals surface area contributed by atoms with E-state index in [1.54, 1.807) is 0 Å². The van der Waals surface area contributed by atoms with E-state index in [0.29, 0.717) is 12.8 Å². The molecule has 21 heavy (non-hydrogen) atoms. The predicted octanol–water partition coefficient (Wildman–Crippen LogP) is 1.20. The second-order valence-electron chi connectivity index (χ2n) is 4.81. The quantitative estimate of drug-likeness (QED) is 0.501. The first-order valence-electron chi connectivity index (χ1n) is 6.29. The summed E-state index contributed by atoms with van der Waals surface area (Å²) in [5.74, 6) is -8.64. The van der Waals surface area contributed by atoms with Gasteiger partial charge in [-0.15, -0.1) is 0 Å². The van der Waals surface area contributed by atoms with Gasteiger partial charge in [-0.25, -0.2) is 17.6 Å². The number of carbonyl (C=O) groups excluding carboxylic acids is 1. The van der Waals surface area contributed by atoms with Crippen molar-refractivity contribution < 1.29 is 32.6 Å². The van der Waals surface area contributed by atoms with Crippen LogP contribution in [0.15, 0.2) is 6.07 Å². The van der Waals surface area contributed by atoms with Crippen LogP contribution in [0.2, 0.25) is 0 Å². The molecule has 1 aliphatic heterocycles. The first-order chi connectivity index (χ1) is 9.92. The topological polar surface area (TPSA) is 60.8 Å². The third kappa shape index (κ3) is 2.60. The average molecular weight is 307 g/mol. The normalized spacial score (nSPS) is 21.9. The lowest BCUT2D eigenvalue weighted by atomic mass is 10.1. The molecular weight excluding hydrogens is 294 g/mol. The van der Waals surface area contributed by atoms with Crippen LogP contribution in [0.5, 0.6) is 0 Å². The number of amides is 1. The molecule has 116 valence electrons. The number of hydrogen-bond donors (Lipinski definition) is 2. The number of aliphatic hydroxyl groups is 2. The summed E-state index contributed by atoms with van der Waals surface area (Å²) < 4.78 is 52.9. The van der Waals surface area contributed by atoms with E-state index >= 15 is 0 Å². The van der Waals surface area contributed by atoms with Crippen molar-refractivity contribution in [2.24, 2.45) is 0 Å². The van der Waals surface area contributed by atoms with Gasteiger partial charge in [-0.1, -0.05) is 0 Å². The lowest BCUT2D eigenvalue weighted by Crippen LogP contribution is -2.44. The average Bonchev–Trinajstić information content (AvgIpc) is 2.91. The number of carbonyl (C=O) groups is 1. The molecule has 1 aromatic carbocycles. The number of hydrogen-bond acceptors (Lipinski definition) is 3. The lowest BCUT2D eigenvalue weighted by Gasteiger charge is -2.28. The van der Waals surface area contributed by atoms with E-state index in [0.717, 1.165) is 4.90 Å². The van der Waals surface area contributed by atoms with Crippen molar-refractivity contribution in [1.82, 2.24) is 4.90 Å². The molecular formula is C13H13F4NO3. The van der Waals surface area contributed by atoms with Gasteiger partial charge < -0.3 is 15.1 Å². The molecule has 2 atom stereocenters. The molecule has 0 aliphatic carbocycles. The van der Waals surface area contributed by atoms with Gasteiger partial charge in [0.15, 0.2) is 23.3 Å². The number of nitrogens with zero attached hydrogens (tertiary/aromatic N) is 1. The molecule has 0 saturated carbocycles. The Hall–Kier alpha value is -1.67. The van der Waals surface area contributed by atoms with Crippen LogP contribution >= 0.6 is 0 Å². The molecule has 0 spiro atoms. The van der Waals surface area contributed by atoms with E-state index in [1.165, 1.54) is 0 Å². The molecule has 1 amide bonds. The second kappa shape index (κ2) is 5.98. The largest absolute Gasteiger partial charge is 0.394 e. The Morgan fingerprint density at radius 1 is 1.05 bits per heavy atom. The highest BCUT2D eigenvalue weighted by atomic mass is 19.2. The highest BCUT2D eigenvalue weighted by Gasteiger charge is 2.38. The first-order valence-corrected chi connectivity index (χ1v) is 6.29. The van der Waals surface area contributed by atoms with Gasteiger partial charge in [0.2, 0.25) is 0 Å². The Bertz CT molecular complexity index is 555. The van der Waals surface area contributed by atoms with E-state index in [4.69, 9.17) is 0 Å². The molecule has 1 aromatic rings. The second-order valence-corrected chi connectivity index (χ2v) is 4.81. The van der Waals surface area contributed by atoms with E-state index in [2.05, 4.69) is 0 Å². The zero-order chi connectivity index (χ0) is 15.7. The number of likely N-dealkylation sites (tertiary alicyclic amines) is 1. The Kier molecular flexibility index (Phi) is 4.48. The van der Waals surface area contributed by atoms with Crippen molar-refractivity contribution >= 4 is 5.91 Å². The van der Waals surface area contributed by atoms with Crippen molar-refractivity contribution in [2.75, 3.05) is 13.2 Å². The molecule has 1 aliphatic rings. The maximum atomic E-state index is 13.7. The van der Waals surface area contributed by atoms with Gasteiger partial charge in [-0.05, 0) is 18.9 Å². The molecule has 0 aromatic heterocycles. The van der Waals surface area contributed by atoms with Crippen LogP contribution < -0.4 is 0 Å². The molecule has 0 unspecified atom stereocenters. The summed E-state index contributed by atoms with van der Waals surface area (Å²) in [4.78, 5) is 13.2. The van der Waals surface area contributed by atoms with Crippen LogP contribution in [0, 0.1) is 23.3 Å². The minimum Gasteiger partial charge on any atom is -0.394 e. The zero-order valence-electron chi connectivity index (χ0n) is 10.8. The van der Waals surface area contributed by atoms with Gasteiger partial charge in [0.25, 0.3) is 5.91 Å². The van der Waals surface area contributed by atoms with E-state index in [9.17, 15) is 32.6 Å². The number of benzene rings is 1. The summed E-state index contributed by atoms with van der Waals surface area (Å²) in [6.45, 7) is -0.869. The van der Waals surface area contributed by atoms with Crippen molar-refractivity contribution in [1.29, 1.82) is 0 Å². The molecule has 1 heterocycles. The van der Waals surface area contributed by atoms with Gasteiger partial charge in [0, 0.05) is 0 Å². The molecule has 8 heteroatoms. The first kappa shape index (κ1) is 15.7. The van der Waals surface area contributed by atoms with E-state index < -0.39 is 60.0 Å². The third-order valence-corrected chi connectivity index (χ3v) is 3.61. The third-order valence-electron chi connectivity index (χ3n) is 3.61. The molecule has 0 bridgehead atoms. The van der Waals surface area contributed by atoms with Gasteiger partial charge in [-0.3, -0.25) is 4.79 Å². The molecule has 0 radical (unpaired) electrons. The summed E-state index contributed by atoms with van der Waals surface area (Å²) in [6.07, 6.45) is 0.725. The standard InChI is InChI=1S/C13H13F4NO3/c14-9-3-8(10(15)12(17)11(9)16)13(21)18-6(4-19)1-2-7(18)5-20/h3,6-7,19-20H,1-2,4-5H2/t6-,7-/m0/s1. The minimum atomic E-state index is -2.07. The fraction of sp³-hybridized carbons (Fsp3) is 0.462. The molecule has 2 N–H and O–H groups in total. The predicted molar refractivity (Wildman–Crippen MR) is 63.4 cm³/mol. The Labute approximate surface area is 117 Å². The number of halogens is 4. The van der Waals surface area contributed by atoms with Crippen LogP contribution in [-0.4, -0.2) is 46.3 Å². The van der Waals surface area contributed by atoms with Crippen molar-refractivity contribution in [3.05, 3.63) is 34.9 Å². The molecule has 1 fully saturated rings. The Balaban J connectivity index is 2.44. The number of rotatable bonds is 3. The van der Waals surface area contributed by atoms with Crippen LogP contribution in [0.3, 0.4) is 0 Å². The van der Waals surface area contributed by atoms with Crippen molar-refractivity contribution in [3.8, 4) is 0 Å². The smallest absolute Gasteiger partial charge is 0.257 e. The van der Waals surface area contributed by atoms with Crippen molar-refractivity contribution in [2.45, 2.75) is 24.9 Å². The number of aliphatic hydroxyl groups excluding tert-OH is 2. The fourth-order valence-corrected chi connectivity index (χ4v) is 2.52. The lowest BCUT2D eigenvalue weighted by molar-refractivity contribution is 0.0515. The summed E-state index contributed by atoms with van der Waals surface area (Å²) in [6, 6.07) is -1.10. The summed E-state index contributed by atoms with van der Waals surface area (Å²) >= 11 is 0. The van der Waals surface area contributed by atoms with Gasteiger partial charge in [0.1, 0.15) is 0 Å². The van der Waals surface area contributed by atoms with E-state index in [-0.39, 0.29) is 6.07 Å². The SMILES string of the molecule is O=C(c1cc(F)c(F)c(F)c1F)N1[C@H](CO)CC[C@H]1CO. The van der Waals surface area contributed by atoms with E-state index in [1.807, 2.05) is 0 Å². The minimum absolute atomic E-state index is 0.275. The molecule has 2 rings (SSSR count). The molecule has 1 saturated heterocycles. The fourth-order valence-electron chi connectivity index (χ4n) is 2.52. The van der Waals surface area contributed by atoms with Crippen LogP contribution in [0.1, 0.15) is 23.2 Å². The van der Waals surface area contributed by atoms with Crippen LogP contribution in [-0.2, 0) is 0 Å². The Morgan fingerprint density at radius 3 is 2.05 bits per heavy atom. The van der Waals surface area contributed by atoms with Crippen LogP contribution in [0.4, 0.5) is 17.6 Å². The highest BCUT2D eigenvalue weighted by molar-refractivity contribution is 5.95. The summed E-state index contributed by atoms with van der Waals surface area (Å²) in [5.41, 5.74) is -0.967.